The minimum atomic E-state index is -0.371. The Morgan fingerprint density at radius 2 is 2.35 bits per heavy atom. The number of ketones is 1. The minimum absolute atomic E-state index is 0.0562. The van der Waals surface area contributed by atoms with E-state index in [1.165, 1.54) is 6.33 Å². The van der Waals surface area contributed by atoms with E-state index in [0.29, 0.717) is 12.4 Å². The molecule has 2 heterocycles. The Kier molecular flexibility index (Phi) is 3.47. The molecule has 1 aliphatic heterocycles. The number of rotatable bonds is 2. The number of Topliss-reactive ketones (excluding diaryl/α,β-unsaturated/α-hetero) is 1. The second-order valence-electron chi connectivity index (χ2n) is 4.18. The van der Waals surface area contributed by atoms with Gasteiger partial charge in [0, 0.05) is 6.54 Å². The molecule has 1 saturated heterocycles. The van der Waals surface area contributed by atoms with Crippen molar-refractivity contribution in [3.63, 3.8) is 0 Å². The number of H-pyrrole nitrogens is 1. The van der Waals surface area contributed by atoms with Crippen molar-refractivity contribution < 1.29 is 4.79 Å². The number of hydrogen-bond acceptors (Lipinski definition) is 4. The summed E-state index contributed by atoms with van der Waals surface area (Å²) in [5.41, 5.74) is -0.371. The van der Waals surface area contributed by atoms with Crippen LogP contribution >= 0.6 is 11.6 Å². The normalized spacial score (nSPS) is 20.4. The molecule has 6 heteroatoms. The zero-order valence-corrected chi connectivity index (χ0v) is 10.3. The molecule has 1 fully saturated rings. The van der Waals surface area contributed by atoms with Crippen molar-refractivity contribution >= 4 is 23.2 Å². The zero-order valence-electron chi connectivity index (χ0n) is 9.57. The number of nitrogens with one attached hydrogen (secondary N) is 1. The highest BCUT2D eigenvalue weighted by Gasteiger charge is 2.28. The molecule has 5 nitrogen and oxygen atoms in total. The van der Waals surface area contributed by atoms with Crippen molar-refractivity contribution in [3.8, 4) is 0 Å². The quantitative estimate of drug-likeness (QED) is 0.867. The summed E-state index contributed by atoms with van der Waals surface area (Å²) in [6, 6.07) is -0.212. The lowest BCUT2D eigenvalue weighted by Gasteiger charge is -2.35. The minimum Gasteiger partial charge on any atom is -0.345 e. The van der Waals surface area contributed by atoms with Crippen LogP contribution in [0.2, 0.25) is 5.02 Å². The predicted molar refractivity (Wildman–Crippen MR) is 65.5 cm³/mol. The maximum Gasteiger partial charge on any atom is 0.271 e. The Morgan fingerprint density at radius 1 is 1.59 bits per heavy atom. The molecule has 1 aromatic heterocycles. The van der Waals surface area contributed by atoms with Gasteiger partial charge in [0.25, 0.3) is 5.56 Å². The number of anilines is 1. The summed E-state index contributed by atoms with van der Waals surface area (Å²) in [6.45, 7) is 2.27. The molecular formula is C11H14ClN3O2. The van der Waals surface area contributed by atoms with Gasteiger partial charge in [-0.3, -0.25) is 9.59 Å². The van der Waals surface area contributed by atoms with Gasteiger partial charge in [0.15, 0.2) is 11.6 Å². The highest BCUT2D eigenvalue weighted by Crippen LogP contribution is 2.26. The molecular weight excluding hydrogens is 242 g/mol. The maximum absolute atomic E-state index is 11.6. The highest BCUT2D eigenvalue weighted by atomic mass is 35.5. The van der Waals surface area contributed by atoms with Gasteiger partial charge in [0.2, 0.25) is 0 Å². The van der Waals surface area contributed by atoms with Crippen LogP contribution in [0.3, 0.4) is 0 Å². The van der Waals surface area contributed by atoms with Gasteiger partial charge in [-0.25, -0.2) is 4.98 Å². The molecule has 17 heavy (non-hydrogen) atoms. The van der Waals surface area contributed by atoms with E-state index in [2.05, 4.69) is 9.97 Å². The summed E-state index contributed by atoms with van der Waals surface area (Å²) in [7, 11) is 0. The summed E-state index contributed by atoms with van der Waals surface area (Å²) >= 11 is 5.94. The van der Waals surface area contributed by atoms with Gasteiger partial charge in [-0.1, -0.05) is 11.6 Å². The van der Waals surface area contributed by atoms with Crippen LogP contribution in [0.5, 0.6) is 0 Å². The van der Waals surface area contributed by atoms with Crippen molar-refractivity contribution in [2.75, 3.05) is 11.4 Å². The fourth-order valence-electron chi connectivity index (χ4n) is 2.18. The first-order valence-electron chi connectivity index (χ1n) is 5.61. The van der Waals surface area contributed by atoms with Gasteiger partial charge < -0.3 is 9.88 Å². The van der Waals surface area contributed by atoms with Crippen LogP contribution < -0.4 is 10.5 Å². The summed E-state index contributed by atoms with van der Waals surface area (Å²) in [5, 5.41) is 0.0562. The van der Waals surface area contributed by atoms with E-state index in [1.54, 1.807) is 6.92 Å². The van der Waals surface area contributed by atoms with Crippen LogP contribution in [0, 0.1) is 0 Å². The number of hydrogen-bond donors (Lipinski definition) is 1. The van der Waals surface area contributed by atoms with Crippen LogP contribution in [-0.2, 0) is 4.79 Å². The summed E-state index contributed by atoms with van der Waals surface area (Å²) < 4.78 is 0. The van der Waals surface area contributed by atoms with Crippen LogP contribution in [0.15, 0.2) is 11.1 Å². The van der Waals surface area contributed by atoms with Crippen molar-refractivity contribution in [1.29, 1.82) is 0 Å². The van der Waals surface area contributed by atoms with Gasteiger partial charge in [-0.15, -0.1) is 0 Å². The van der Waals surface area contributed by atoms with E-state index in [0.717, 1.165) is 19.3 Å². The van der Waals surface area contributed by atoms with E-state index >= 15 is 0 Å². The van der Waals surface area contributed by atoms with E-state index in [9.17, 15) is 9.59 Å². The van der Waals surface area contributed by atoms with E-state index in [-0.39, 0.29) is 22.4 Å². The molecule has 0 aromatic carbocycles. The lowest BCUT2D eigenvalue weighted by Crippen LogP contribution is -2.45. The number of aromatic nitrogens is 2. The molecule has 0 amide bonds. The smallest absolute Gasteiger partial charge is 0.271 e. The molecule has 1 aromatic rings. The number of aromatic amines is 1. The van der Waals surface area contributed by atoms with E-state index < -0.39 is 0 Å². The third kappa shape index (κ3) is 2.34. The third-order valence-electron chi connectivity index (χ3n) is 3.02. The first-order chi connectivity index (χ1) is 8.11. The lowest BCUT2D eigenvalue weighted by atomic mass is 9.99. The largest absolute Gasteiger partial charge is 0.345 e. The molecule has 92 valence electrons. The van der Waals surface area contributed by atoms with Crippen LogP contribution in [0.1, 0.15) is 26.2 Å². The summed E-state index contributed by atoms with van der Waals surface area (Å²) in [4.78, 5) is 31.3. The van der Waals surface area contributed by atoms with Gasteiger partial charge >= 0.3 is 0 Å². The summed E-state index contributed by atoms with van der Waals surface area (Å²) in [6.07, 6.45) is 4.10. The van der Waals surface area contributed by atoms with Gasteiger partial charge in [-0.2, -0.15) is 0 Å². The molecule has 0 saturated carbocycles. The van der Waals surface area contributed by atoms with Crippen molar-refractivity contribution in [2.45, 2.75) is 32.2 Å². The first kappa shape index (κ1) is 12.1. The standard InChI is InChI=1S/C11H14ClN3O2/c1-7(16)8-4-2-3-5-15(8)10-9(12)11(17)14-6-13-10/h6,8H,2-5H2,1H3,(H,13,14,17). The summed E-state index contributed by atoms with van der Waals surface area (Å²) in [5.74, 6) is 0.498. The van der Waals surface area contributed by atoms with E-state index in [1.807, 2.05) is 4.90 Å². The highest BCUT2D eigenvalue weighted by molar-refractivity contribution is 6.32. The van der Waals surface area contributed by atoms with Crippen LogP contribution in [0.4, 0.5) is 5.82 Å². The molecule has 1 N–H and O–H groups in total. The second-order valence-corrected chi connectivity index (χ2v) is 4.56. The Labute approximate surface area is 104 Å². The second kappa shape index (κ2) is 4.87. The Morgan fingerprint density at radius 3 is 3.06 bits per heavy atom. The third-order valence-corrected chi connectivity index (χ3v) is 3.36. The molecule has 0 spiro atoms. The predicted octanol–water partition coefficient (Wildman–Crippen LogP) is 1.37. The molecule has 0 aliphatic carbocycles. The topological polar surface area (TPSA) is 66.1 Å². The average molecular weight is 256 g/mol. The van der Waals surface area contributed by atoms with Crippen molar-refractivity contribution in [1.82, 2.24) is 9.97 Å². The Hall–Kier alpha value is -1.36. The van der Waals surface area contributed by atoms with E-state index in [4.69, 9.17) is 11.6 Å². The fourth-order valence-corrected chi connectivity index (χ4v) is 2.39. The number of carbonyl (C=O) groups is 1. The van der Waals surface area contributed by atoms with Gasteiger partial charge in [0.1, 0.15) is 5.02 Å². The Bertz CT molecular complexity index is 486. The Balaban J connectivity index is 2.39. The SMILES string of the molecule is CC(=O)C1CCCCN1c1nc[nH]c(=O)c1Cl. The number of halogens is 1. The van der Waals surface area contributed by atoms with Crippen molar-refractivity contribution in [2.24, 2.45) is 0 Å². The monoisotopic (exact) mass is 255 g/mol. The molecule has 0 radical (unpaired) electrons. The molecule has 1 unspecified atom stereocenters. The fraction of sp³-hybridized carbons (Fsp3) is 0.545. The maximum atomic E-state index is 11.6. The van der Waals surface area contributed by atoms with Crippen LogP contribution in [0.25, 0.3) is 0 Å². The van der Waals surface area contributed by atoms with Gasteiger partial charge in [-0.05, 0) is 26.2 Å². The molecule has 2 rings (SSSR count). The van der Waals surface area contributed by atoms with Gasteiger partial charge in [0.05, 0.1) is 12.4 Å². The molecule has 1 atom stereocenters. The number of nitrogens with zero attached hydrogens (tertiary/aromatic N) is 2. The average Bonchev–Trinajstić information content (AvgIpc) is 2.33. The zero-order chi connectivity index (χ0) is 12.4. The van der Waals surface area contributed by atoms with Crippen LogP contribution in [-0.4, -0.2) is 28.3 Å². The number of piperidine rings is 1. The first-order valence-corrected chi connectivity index (χ1v) is 5.99. The molecule has 0 bridgehead atoms. The lowest BCUT2D eigenvalue weighted by molar-refractivity contribution is -0.118. The number of carbonyl (C=O) groups excluding carboxylic acids is 1. The molecule has 1 aliphatic rings. The van der Waals surface area contributed by atoms with Crippen molar-refractivity contribution in [3.05, 3.63) is 21.7 Å².